The van der Waals surface area contributed by atoms with Crippen LogP contribution in [-0.4, -0.2) is 29.0 Å². The van der Waals surface area contributed by atoms with Gasteiger partial charge in [-0.15, -0.1) is 0 Å². The van der Waals surface area contributed by atoms with Gasteiger partial charge in [0.25, 0.3) is 0 Å². The van der Waals surface area contributed by atoms with Gasteiger partial charge in [-0.25, -0.2) is 9.18 Å². The number of ether oxygens (including phenoxy) is 2. The zero-order valence-electron chi connectivity index (χ0n) is 13.2. The molecule has 0 aliphatic rings. The zero-order chi connectivity index (χ0) is 16.7. The molecule has 0 saturated carbocycles. The van der Waals surface area contributed by atoms with Crippen molar-refractivity contribution < 1.29 is 18.7 Å². The van der Waals surface area contributed by atoms with Gasteiger partial charge in [0.15, 0.2) is 5.69 Å². The summed E-state index contributed by atoms with van der Waals surface area (Å²) in [5, 5.41) is 4.21. The summed E-state index contributed by atoms with van der Waals surface area (Å²) in [4.78, 5) is 12.0. The maximum absolute atomic E-state index is 13.7. The van der Waals surface area contributed by atoms with Crippen molar-refractivity contribution in [1.82, 2.24) is 9.78 Å². The van der Waals surface area contributed by atoms with E-state index in [0.717, 1.165) is 0 Å². The molecule has 0 bridgehead atoms. The van der Waals surface area contributed by atoms with E-state index in [1.807, 2.05) is 6.92 Å². The third kappa shape index (κ3) is 4.42. The molecule has 0 fully saturated rings. The third-order valence-electron chi connectivity index (χ3n) is 3.06. The number of hydrogen-bond donors (Lipinski definition) is 0. The highest BCUT2D eigenvalue weighted by molar-refractivity contribution is 5.91. The minimum Gasteiger partial charge on any atom is -0.501 e. The average Bonchev–Trinajstić information content (AvgIpc) is 2.93. The smallest absolute Gasteiger partial charge is 0.359 e. The molecule has 0 aliphatic carbocycles. The Bertz CT molecular complexity index is 695. The van der Waals surface area contributed by atoms with Gasteiger partial charge in [-0.1, -0.05) is 18.2 Å². The van der Waals surface area contributed by atoms with Gasteiger partial charge >= 0.3 is 5.97 Å². The van der Waals surface area contributed by atoms with E-state index in [1.165, 1.54) is 17.0 Å². The number of rotatable bonds is 7. The molecular weight excluding hydrogens is 299 g/mol. The van der Waals surface area contributed by atoms with E-state index in [1.54, 1.807) is 37.4 Å². The fraction of sp³-hybridized carbons (Fsp3) is 0.294. The molecule has 23 heavy (non-hydrogen) atoms. The van der Waals surface area contributed by atoms with Crippen LogP contribution in [0.25, 0.3) is 6.08 Å². The Kier molecular flexibility index (Phi) is 5.91. The van der Waals surface area contributed by atoms with Crippen LogP contribution in [0.5, 0.6) is 0 Å². The summed E-state index contributed by atoms with van der Waals surface area (Å²) < 4.78 is 25.4. The van der Waals surface area contributed by atoms with Crippen molar-refractivity contribution in [3.63, 3.8) is 0 Å². The van der Waals surface area contributed by atoms with E-state index in [0.29, 0.717) is 17.7 Å². The number of nitrogens with zero attached hydrogens (tertiary/aromatic N) is 2. The highest BCUT2D eigenvalue weighted by Gasteiger charge is 2.17. The van der Waals surface area contributed by atoms with Crippen molar-refractivity contribution >= 4 is 12.0 Å². The predicted octanol–water partition coefficient (Wildman–Crippen LogP) is 3.25. The molecule has 1 aromatic heterocycles. The summed E-state index contributed by atoms with van der Waals surface area (Å²) in [7, 11) is 0. The third-order valence-corrected chi connectivity index (χ3v) is 3.06. The van der Waals surface area contributed by atoms with E-state index >= 15 is 0 Å². The van der Waals surface area contributed by atoms with Gasteiger partial charge in [0.1, 0.15) is 5.82 Å². The second-order valence-corrected chi connectivity index (χ2v) is 4.70. The maximum Gasteiger partial charge on any atom is 0.359 e. The van der Waals surface area contributed by atoms with E-state index in [-0.39, 0.29) is 24.7 Å². The molecule has 0 unspecified atom stereocenters. The van der Waals surface area contributed by atoms with Crippen LogP contribution in [0.3, 0.4) is 0 Å². The first kappa shape index (κ1) is 16.7. The number of benzene rings is 1. The first-order valence-electron chi connectivity index (χ1n) is 7.41. The van der Waals surface area contributed by atoms with E-state index in [9.17, 15) is 9.18 Å². The van der Waals surface area contributed by atoms with E-state index in [2.05, 4.69) is 5.10 Å². The normalized spacial score (nSPS) is 10.9. The number of hydrogen-bond acceptors (Lipinski definition) is 4. The number of halogens is 1. The molecule has 2 rings (SSSR count). The number of carbonyl (C=O) groups is 1. The lowest BCUT2D eigenvalue weighted by atomic mass is 10.2. The highest BCUT2D eigenvalue weighted by Crippen LogP contribution is 2.14. The van der Waals surface area contributed by atoms with Crippen molar-refractivity contribution in [2.24, 2.45) is 0 Å². The van der Waals surface area contributed by atoms with Crippen LogP contribution in [0, 0.1) is 5.82 Å². The van der Waals surface area contributed by atoms with Crippen molar-refractivity contribution in [2.75, 3.05) is 13.2 Å². The van der Waals surface area contributed by atoms with Crippen molar-refractivity contribution in [1.29, 1.82) is 0 Å². The van der Waals surface area contributed by atoms with Crippen LogP contribution in [0.4, 0.5) is 4.39 Å². The Labute approximate surface area is 134 Å². The van der Waals surface area contributed by atoms with Crippen LogP contribution < -0.4 is 0 Å². The Balaban J connectivity index is 2.28. The molecule has 122 valence electrons. The van der Waals surface area contributed by atoms with Gasteiger partial charge in [0, 0.05) is 17.3 Å². The lowest BCUT2D eigenvalue weighted by Gasteiger charge is -2.03. The summed E-state index contributed by atoms with van der Waals surface area (Å²) in [5.74, 6) is -0.831. The lowest BCUT2D eigenvalue weighted by Crippen LogP contribution is -2.09. The van der Waals surface area contributed by atoms with Crippen LogP contribution in [0.15, 0.2) is 36.7 Å². The Morgan fingerprint density at radius 3 is 2.78 bits per heavy atom. The van der Waals surface area contributed by atoms with Gasteiger partial charge in [-0.2, -0.15) is 5.10 Å². The first-order chi connectivity index (χ1) is 11.2. The van der Waals surface area contributed by atoms with Crippen molar-refractivity contribution in [3.8, 4) is 0 Å². The second kappa shape index (κ2) is 8.12. The highest BCUT2D eigenvalue weighted by atomic mass is 19.1. The molecule has 1 aromatic carbocycles. The van der Waals surface area contributed by atoms with Crippen LogP contribution in [-0.2, 0) is 16.0 Å². The maximum atomic E-state index is 13.7. The van der Waals surface area contributed by atoms with Crippen LogP contribution in [0.2, 0.25) is 0 Å². The minimum atomic E-state index is -0.518. The van der Waals surface area contributed by atoms with Crippen LogP contribution in [0.1, 0.15) is 35.5 Å². The summed E-state index contributed by atoms with van der Waals surface area (Å²) >= 11 is 0. The first-order valence-corrected chi connectivity index (χ1v) is 7.41. The lowest BCUT2D eigenvalue weighted by molar-refractivity contribution is 0.0518. The largest absolute Gasteiger partial charge is 0.501 e. The van der Waals surface area contributed by atoms with Gasteiger partial charge < -0.3 is 9.47 Å². The zero-order valence-corrected chi connectivity index (χ0v) is 13.2. The quantitative estimate of drug-likeness (QED) is 0.581. The van der Waals surface area contributed by atoms with Crippen molar-refractivity contribution in [3.05, 3.63) is 59.4 Å². The molecule has 0 saturated heterocycles. The SMILES string of the molecule is CCOC=Cc1cn(Cc2ccccc2F)nc1C(=O)OCC. The number of carbonyl (C=O) groups excluding carboxylic acids is 1. The average molecular weight is 318 g/mol. The van der Waals surface area contributed by atoms with Gasteiger partial charge in [-0.05, 0) is 26.0 Å². The molecule has 0 radical (unpaired) electrons. The number of esters is 1. The van der Waals surface area contributed by atoms with Crippen LogP contribution >= 0.6 is 0 Å². The van der Waals surface area contributed by atoms with Gasteiger partial charge in [0.2, 0.25) is 0 Å². The second-order valence-electron chi connectivity index (χ2n) is 4.70. The Morgan fingerprint density at radius 2 is 2.09 bits per heavy atom. The predicted molar refractivity (Wildman–Crippen MR) is 84.3 cm³/mol. The van der Waals surface area contributed by atoms with Gasteiger partial charge in [-0.3, -0.25) is 4.68 Å². The summed E-state index contributed by atoms with van der Waals surface area (Å²) in [5.41, 5.74) is 1.23. The van der Waals surface area contributed by atoms with Gasteiger partial charge in [0.05, 0.1) is 26.0 Å². The summed E-state index contributed by atoms with van der Waals surface area (Å²) in [6.07, 6.45) is 4.79. The molecule has 0 aliphatic heterocycles. The standard InChI is InChI=1S/C17H19FN2O3/c1-3-22-10-9-14-12-20(19-16(14)17(21)23-4-2)11-13-7-5-6-8-15(13)18/h5-10,12H,3-4,11H2,1-2H3. The minimum absolute atomic E-state index is 0.180. The van der Waals surface area contributed by atoms with E-state index < -0.39 is 5.97 Å². The number of aromatic nitrogens is 2. The molecule has 1 heterocycles. The molecule has 0 N–H and O–H groups in total. The Morgan fingerprint density at radius 1 is 1.30 bits per heavy atom. The molecule has 5 nitrogen and oxygen atoms in total. The molecule has 2 aromatic rings. The molecular formula is C17H19FN2O3. The summed E-state index contributed by atoms with van der Waals surface area (Å²) in [6, 6.07) is 6.45. The monoisotopic (exact) mass is 318 g/mol. The fourth-order valence-electron chi connectivity index (χ4n) is 2.02. The Hall–Kier alpha value is -2.63. The molecule has 0 amide bonds. The fourth-order valence-corrected chi connectivity index (χ4v) is 2.02. The topological polar surface area (TPSA) is 53.4 Å². The molecule has 0 spiro atoms. The van der Waals surface area contributed by atoms with E-state index in [4.69, 9.17) is 9.47 Å². The summed E-state index contributed by atoms with van der Waals surface area (Å²) in [6.45, 7) is 4.59. The molecule has 0 atom stereocenters. The molecule has 6 heteroatoms. The van der Waals surface area contributed by atoms with Crippen molar-refractivity contribution in [2.45, 2.75) is 20.4 Å².